The topological polar surface area (TPSA) is 55.1 Å². The molecule has 1 unspecified atom stereocenters. The monoisotopic (exact) mass is 278 g/mol. The zero-order valence-electron chi connectivity index (χ0n) is 12.8. The molecule has 0 aromatic rings. The van der Waals surface area contributed by atoms with Gasteiger partial charge in [0.05, 0.1) is 0 Å². The average molecular weight is 278 g/mol. The van der Waals surface area contributed by atoms with Crippen LogP contribution in [-0.2, 0) is 4.79 Å². The van der Waals surface area contributed by atoms with Crippen molar-refractivity contribution in [1.29, 1.82) is 0 Å². The van der Waals surface area contributed by atoms with Crippen LogP contribution in [0.2, 0.25) is 0 Å². The fraction of sp³-hybridized carbons (Fsp3) is 0.941. The van der Waals surface area contributed by atoms with Gasteiger partial charge in [-0.1, -0.05) is 6.92 Å². The van der Waals surface area contributed by atoms with Crippen molar-refractivity contribution in [3.63, 3.8) is 0 Å². The van der Waals surface area contributed by atoms with Crippen LogP contribution in [0, 0.1) is 35.5 Å². The van der Waals surface area contributed by atoms with Gasteiger partial charge in [-0.05, 0) is 81.1 Å². The third kappa shape index (κ3) is 2.88. The van der Waals surface area contributed by atoms with Gasteiger partial charge in [-0.3, -0.25) is 4.79 Å². The van der Waals surface area contributed by atoms with Crippen LogP contribution in [0.1, 0.15) is 51.9 Å². The van der Waals surface area contributed by atoms with Gasteiger partial charge < -0.3 is 11.1 Å². The van der Waals surface area contributed by atoms with E-state index in [9.17, 15) is 4.79 Å². The van der Waals surface area contributed by atoms with E-state index < -0.39 is 0 Å². The largest absolute Gasteiger partial charge is 0.356 e. The van der Waals surface area contributed by atoms with Gasteiger partial charge in [0.15, 0.2) is 0 Å². The highest BCUT2D eigenvalue weighted by molar-refractivity contribution is 5.79. The highest BCUT2D eigenvalue weighted by Gasteiger charge is 2.50. The number of nitrogens with one attached hydrogen (secondary N) is 1. The SMILES string of the molecule is CC(CN)CCCNC(=O)C1C2CC3CC(C2)CC1C3. The summed E-state index contributed by atoms with van der Waals surface area (Å²) in [6.45, 7) is 3.77. The molecule has 4 saturated carbocycles. The number of carbonyl (C=O) groups excluding carboxylic acids is 1. The van der Waals surface area contributed by atoms with E-state index in [1.807, 2.05) is 0 Å². The van der Waals surface area contributed by atoms with E-state index in [-0.39, 0.29) is 0 Å². The normalized spacial score (nSPS) is 39.8. The minimum Gasteiger partial charge on any atom is -0.356 e. The van der Waals surface area contributed by atoms with Gasteiger partial charge in [0, 0.05) is 12.5 Å². The summed E-state index contributed by atoms with van der Waals surface area (Å²) in [5.74, 6) is 4.59. The Morgan fingerprint density at radius 2 is 1.75 bits per heavy atom. The minimum atomic E-state index is 0.342. The number of hydrogen-bond acceptors (Lipinski definition) is 2. The Kier molecular flexibility index (Phi) is 4.34. The molecule has 1 atom stereocenters. The third-order valence-corrected chi connectivity index (χ3v) is 6.10. The number of amides is 1. The summed E-state index contributed by atoms with van der Waals surface area (Å²) in [4.78, 5) is 12.5. The Morgan fingerprint density at radius 3 is 2.30 bits per heavy atom. The van der Waals surface area contributed by atoms with E-state index in [2.05, 4.69) is 12.2 Å². The molecule has 0 aromatic heterocycles. The molecule has 0 radical (unpaired) electrons. The molecule has 4 rings (SSSR count). The van der Waals surface area contributed by atoms with E-state index in [4.69, 9.17) is 5.73 Å². The van der Waals surface area contributed by atoms with E-state index in [1.54, 1.807) is 0 Å². The summed E-state index contributed by atoms with van der Waals surface area (Å²) >= 11 is 0. The summed E-state index contributed by atoms with van der Waals surface area (Å²) in [6.07, 6.45) is 8.96. The number of rotatable bonds is 6. The zero-order chi connectivity index (χ0) is 14.1. The van der Waals surface area contributed by atoms with Crippen molar-refractivity contribution in [2.24, 2.45) is 41.2 Å². The molecular weight excluding hydrogens is 248 g/mol. The molecular formula is C17H30N2O. The van der Waals surface area contributed by atoms with Crippen molar-refractivity contribution < 1.29 is 4.79 Å². The fourth-order valence-corrected chi connectivity index (χ4v) is 5.25. The standard InChI is InChI=1S/C17H30N2O/c1-11(10-18)3-2-4-19-17(20)16-14-6-12-5-13(8-14)9-15(16)7-12/h11-16H,2-10,18H2,1H3,(H,19,20). The molecule has 3 N–H and O–H groups in total. The average Bonchev–Trinajstić information content (AvgIpc) is 2.42. The molecule has 4 aliphatic carbocycles. The maximum atomic E-state index is 12.5. The van der Waals surface area contributed by atoms with Gasteiger partial charge in [-0.25, -0.2) is 0 Å². The van der Waals surface area contributed by atoms with Crippen molar-refractivity contribution in [1.82, 2.24) is 5.32 Å². The number of hydrogen-bond donors (Lipinski definition) is 2. The highest BCUT2D eigenvalue weighted by Crippen LogP contribution is 2.56. The molecule has 4 aliphatic rings. The van der Waals surface area contributed by atoms with Crippen LogP contribution in [0.5, 0.6) is 0 Å². The molecule has 3 heteroatoms. The molecule has 0 spiro atoms. The number of carbonyl (C=O) groups is 1. The van der Waals surface area contributed by atoms with Gasteiger partial charge in [0.1, 0.15) is 0 Å². The Labute approximate surface area is 123 Å². The number of nitrogens with two attached hydrogens (primary N) is 1. The molecule has 4 bridgehead atoms. The maximum absolute atomic E-state index is 12.5. The molecule has 4 fully saturated rings. The Balaban J connectivity index is 1.46. The summed E-state index contributed by atoms with van der Waals surface area (Å²) in [5.41, 5.74) is 5.62. The summed E-state index contributed by atoms with van der Waals surface area (Å²) in [7, 11) is 0. The lowest BCUT2D eigenvalue weighted by Gasteiger charge is -2.53. The van der Waals surface area contributed by atoms with Crippen LogP contribution >= 0.6 is 0 Å². The molecule has 0 aliphatic heterocycles. The van der Waals surface area contributed by atoms with Crippen molar-refractivity contribution in [2.45, 2.75) is 51.9 Å². The van der Waals surface area contributed by atoms with Crippen LogP contribution in [0.4, 0.5) is 0 Å². The van der Waals surface area contributed by atoms with E-state index >= 15 is 0 Å². The fourth-order valence-electron chi connectivity index (χ4n) is 5.25. The van der Waals surface area contributed by atoms with Gasteiger partial charge >= 0.3 is 0 Å². The lowest BCUT2D eigenvalue weighted by molar-refractivity contribution is -0.138. The first kappa shape index (κ1) is 14.4. The lowest BCUT2D eigenvalue weighted by atomic mass is 9.51. The second-order valence-corrected chi connectivity index (χ2v) is 7.73. The minimum absolute atomic E-state index is 0.342. The Bertz CT molecular complexity index is 327. The Morgan fingerprint density at radius 1 is 1.15 bits per heavy atom. The highest BCUT2D eigenvalue weighted by atomic mass is 16.1. The molecule has 20 heavy (non-hydrogen) atoms. The van der Waals surface area contributed by atoms with Crippen molar-refractivity contribution >= 4 is 5.91 Å². The first-order valence-corrected chi connectivity index (χ1v) is 8.65. The second kappa shape index (κ2) is 6.05. The van der Waals surface area contributed by atoms with Crippen LogP contribution in [-0.4, -0.2) is 19.0 Å². The van der Waals surface area contributed by atoms with E-state index in [0.29, 0.717) is 29.6 Å². The quantitative estimate of drug-likeness (QED) is 0.734. The molecule has 1 amide bonds. The summed E-state index contributed by atoms with van der Waals surface area (Å²) in [5, 5.41) is 3.21. The predicted molar refractivity (Wildman–Crippen MR) is 81.0 cm³/mol. The zero-order valence-corrected chi connectivity index (χ0v) is 12.8. The van der Waals surface area contributed by atoms with Crippen molar-refractivity contribution in [3.05, 3.63) is 0 Å². The van der Waals surface area contributed by atoms with Crippen LogP contribution < -0.4 is 11.1 Å². The molecule has 0 saturated heterocycles. The summed E-state index contributed by atoms with van der Waals surface area (Å²) in [6, 6.07) is 0. The molecule has 0 aromatic carbocycles. The molecule has 114 valence electrons. The second-order valence-electron chi connectivity index (χ2n) is 7.73. The van der Waals surface area contributed by atoms with Gasteiger partial charge in [0.25, 0.3) is 0 Å². The summed E-state index contributed by atoms with van der Waals surface area (Å²) < 4.78 is 0. The molecule has 0 heterocycles. The maximum Gasteiger partial charge on any atom is 0.223 e. The lowest BCUT2D eigenvalue weighted by Crippen LogP contribution is -2.51. The smallest absolute Gasteiger partial charge is 0.223 e. The Hall–Kier alpha value is -0.570. The van der Waals surface area contributed by atoms with E-state index in [1.165, 1.54) is 32.1 Å². The predicted octanol–water partition coefficient (Wildman–Crippen LogP) is 2.55. The molecule has 3 nitrogen and oxygen atoms in total. The van der Waals surface area contributed by atoms with Gasteiger partial charge in [-0.15, -0.1) is 0 Å². The van der Waals surface area contributed by atoms with Gasteiger partial charge in [0.2, 0.25) is 5.91 Å². The van der Waals surface area contributed by atoms with Crippen LogP contribution in [0.25, 0.3) is 0 Å². The van der Waals surface area contributed by atoms with Crippen LogP contribution in [0.3, 0.4) is 0 Å². The first-order chi connectivity index (χ1) is 9.67. The van der Waals surface area contributed by atoms with Crippen LogP contribution in [0.15, 0.2) is 0 Å². The van der Waals surface area contributed by atoms with Crippen molar-refractivity contribution in [3.8, 4) is 0 Å². The first-order valence-electron chi connectivity index (χ1n) is 8.65. The third-order valence-electron chi connectivity index (χ3n) is 6.10. The van der Waals surface area contributed by atoms with Crippen molar-refractivity contribution in [2.75, 3.05) is 13.1 Å². The van der Waals surface area contributed by atoms with E-state index in [0.717, 1.165) is 37.8 Å². The van der Waals surface area contributed by atoms with Gasteiger partial charge in [-0.2, -0.15) is 0 Å².